The lowest BCUT2D eigenvalue weighted by molar-refractivity contribution is -0.139. The fraction of sp³-hybridized carbons (Fsp3) is 0.304. The minimum Gasteiger partial charge on any atom is -0.486 e. The zero-order valence-electron chi connectivity index (χ0n) is 18.8. The van der Waals surface area contributed by atoms with Gasteiger partial charge >= 0.3 is 12.1 Å². The first-order valence-corrected chi connectivity index (χ1v) is 10.7. The molecule has 2 aromatic rings. The van der Waals surface area contributed by atoms with Gasteiger partial charge in [-0.05, 0) is 23.3 Å². The van der Waals surface area contributed by atoms with E-state index in [1.807, 2.05) is 18.2 Å². The van der Waals surface area contributed by atoms with E-state index < -0.39 is 24.2 Å². The highest BCUT2D eigenvalue weighted by Crippen LogP contribution is 2.32. The molecule has 1 aliphatic heterocycles. The summed E-state index contributed by atoms with van der Waals surface area (Å²) in [4.78, 5) is 39.1. The van der Waals surface area contributed by atoms with Crippen molar-refractivity contribution >= 4 is 23.9 Å². The number of amides is 2. The zero-order valence-corrected chi connectivity index (χ0v) is 18.8. The Bertz CT molecular complexity index is 1070. The molecule has 7 N–H and O–H groups in total. The molecule has 1 heterocycles. The van der Waals surface area contributed by atoms with Crippen molar-refractivity contribution in [2.45, 2.75) is 25.2 Å². The number of carboxylic acid groups (broad SMARTS) is 1. The van der Waals surface area contributed by atoms with E-state index in [-0.39, 0.29) is 44.6 Å². The maximum Gasteiger partial charge on any atom is 0.408 e. The molecule has 0 saturated heterocycles. The molecule has 2 aromatic carbocycles. The van der Waals surface area contributed by atoms with Gasteiger partial charge in [0.25, 0.3) is 0 Å². The minimum absolute atomic E-state index is 0.0106. The number of rotatable bonds is 10. The van der Waals surface area contributed by atoms with E-state index >= 15 is 0 Å². The Hall–Kier alpha value is -4.48. The Morgan fingerprint density at radius 1 is 1.11 bits per heavy atom. The van der Waals surface area contributed by atoms with Gasteiger partial charge in [-0.15, -0.1) is 0 Å². The number of nitrogens with one attached hydrogen (secondary N) is 2. The number of carbonyl (C=O) groups excluding carboxylic acids is 2. The van der Waals surface area contributed by atoms with Gasteiger partial charge in [0.15, 0.2) is 17.5 Å². The van der Waals surface area contributed by atoms with Crippen LogP contribution in [0.4, 0.5) is 4.79 Å². The third-order valence-corrected chi connectivity index (χ3v) is 4.90. The van der Waals surface area contributed by atoms with Gasteiger partial charge < -0.3 is 41.4 Å². The molecule has 12 heteroatoms. The molecule has 35 heavy (non-hydrogen) atoms. The number of hydrogen-bond donors (Lipinski definition) is 5. The highest BCUT2D eigenvalue weighted by molar-refractivity contribution is 5.83. The van der Waals surface area contributed by atoms with Crippen LogP contribution in [0.1, 0.15) is 11.1 Å². The number of guanidine groups is 1. The quantitative estimate of drug-likeness (QED) is 0.230. The van der Waals surface area contributed by atoms with Crippen molar-refractivity contribution in [3.63, 3.8) is 0 Å². The number of aliphatic carboxylic acids is 1. The summed E-state index contributed by atoms with van der Waals surface area (Å²) < 4.78 is 16.6. The summed E-state index contributed by atoms with van der Waals surface area (Å²) in [5.41, 5.74) is 11.8. The third-order valence-electron chi connectivity index (χ3n) is 4.90. The Balaban J connectivity index is 1.51. The summed E-state index contributed by atoms with van der Waals surface area (Å²) in [5.74, 6) is -0.857. The van der Waals surface area contributed by atoms with Crippen molar-refractivity contribution < 1.29 is 33.7 Å². The van der Waals surface area contributed by atoms with E-state index in [1.54, 1.807) is 30.3 Å². The lowest BCUT2D eigenvalue weighted by atomic mass is 10.1. The molecule has 0 saturated carbocycles. The molecule has 2 atom stereocenters. The van der Waals surface area contributed by atoms with Gasteiger partial charge in [0, 0.05) is 6.42 Å². The molecule has 0 aromatic heterocycles. The molecular weight excluding hydrogens is 458 g/mol. The van der Waals surface area contributed by atoms with Crippen molar-refractivity contribution in [2.75, 3.05) is 19.7 Å². The molecule has 2 unspecified atom stereocenters. The second kappa shape index (κ2) is 12.1. The lowest BCUT2D eigenvalue weighted by Gasteiger charge is -2.27. The Morgan fingerprint density at radius 3 is 2.60 bits per heavy atom. The van der Waals surface area contributed by atoms with E-state index in [9.17, 15) is 19.5 Å². The van der Waals surface area contributed by atoms with Crippen LogP contribution in [0.15, 0.2) is 53.5 Å². The number of nitrogens with two attached hydrogens (primary N) is 2. The molecule has 1 aliphatic rings. The van der Waals surface area contributed by atoms with Crippen molar-refractivity contribution in [3.05, 3.63) is 59.7 Å². The van der Waals surface area contributed by atoms with Gasteiger partial charge in [-0.1, -0.05) is 36.4 Å². The summed E-state index contributed by atoms with van der Waals surface area (Å²) in [6.45, 7) is 0.203. The summed E-state index contributed by atoms with van der Waals surface area (Å²) in [7, 11) is 0. The summed E-state index contributed by atoms with van der Waals surface area (Å²) in [6.07, 6.45) is -1.25. The number of hydrogen-bond acceptors (Lipinski definition) is 7. The molecular formula is C23H27N5O7. The first kappa shape index (κ1) is 25.1. The zero-order chi connectivity index (χ0) is 25.2. The van der Waals surface area contributed by atoms with Gasteiger partial charge in [0.05, 0.1) is 6.54 Å². The number of nitrogens with zero attached hydrogens (tertiary/aromatic N) is 1. The average molecular weight is 485 g/mol. The van der Waals surface area contributed by atoms with Crippen molar-refractivity contribution in [1.29, 1.82) is 0 Å². The van der Waals surface area contributed by atoms with Crippen molar-refractivity contribution in [1.82, 2.24) is 10.6 Å². The number of alkyl carbamates (subject to hydrolysis) is 1. The number of aliphatic imine (C=N–C) groups is 1. The van der Waals surface area contributed by atoms with Crippen molar-refractivity contribution in [3.8, 4) is 11.5 Å². The number of fused-ring (bicyclic) bond motifs is 1. The summed E-state index contributed by atoms with van der Waals surface area (Å²) >= 11 is 0. The van der Waals surface area contributed by atoms with E-state index in [1.165, 1.54) is 0 Å². The topological polar surface area (TPSA) is 188 Å². The standard InChI is InChI=1S/C23H27N5O7/c24-22(25)27-11-20(29)26-10-16-13-33-19-9-15(6-7-18(19)35-16)8-17(21(30)31)28-23(32)34-12-14-4-2-1-3-5-14/h1-7,9,16-17H,8,10-13H2,(H,26,29)(H,28,32)(H,30,31)(H4,24,25,27). The van der Waals surface area contributed by atoms with Gasteiger partial charge in [-0.2, -0.15) is 0 Å². The van der Waals surface area contributed by atoms with Crippen LogP contribution in [0.25, 0.3) is 0 Å². The normalized spacial score (nSPS) is 14.8. The Morgan fingerprint density at radius 2 is 1.89 bits per heavy atom. The summed E-state index contributed by atoms with van der Waals surface area (Å²) in [6, 6.07) is 12.8. The molecule has 0 spiro atoms. The molecule has 0 radical (unpaired) electrons. The number of carboxylic acids is 1. The van der Waals surface area contributed by atoms with Crippen LogP contribution in [0, 0.1) is 0 Å². The number of carbonyl (C=O) groups is 3. The third kappa shape index (κ3) is 8.11. The smallest absolute Gasteiger partial charge is 0.408 e. The van der Waals surface area contributed by atoms with Crippen LogP contribution in [0.2, 0.25) is 0 Å². The SMILES string of the molecule is NC(N)=NCC(=O)NCC1COc2cc(CC(NC(=O)OCc3ccccc3)C(=O)O)ccc2O1. The Labute approximate surface area is 201 Å². The van der Waals surface area contributed by atoms with Crippen molar-refractivity contribution in [2.24, 2.45) is 16.5 Å². The molecule has 0 aliphatic carbocycles. The van der Waals surface area contributed by atoms with Crippen LogP contribution < -0.4 is 31.6 Å². The largest absolute Gasteiger partial charge is 0.486 e. The fourth-order valence-corrected chi connectivity index (χ4v) is 3.18. The second-order valence-electron chi connectivity index (χ2n) is 7.68. The molecule has 0 fully saturated rings. The molecule has 2 amide bonds. The lowest BCUT2D eigenvalue weighted by Crippen LogP contribution is -2.42. The van der Waals surface area contributed by atoms with Crippen LogP contribution in [-0.2, 0) is 27.4 Å². The predicted molar refractivity (Wildman–Crippen MR) is 125 cm³/mol. The number of ether oxygens (including phenoxy) is 3. The van der Waals surface area contributed by atoms with Gasteiger partial charge in [-0.25, -0.2) is 14.6 Å². The number of benzene rings is 2. The molecule has 12 nitrogen and oxygen atoms in total. The van der Waals surface area contributed by atoms with Crippen LogP contribution in [0.3, 0.4) is 0 Å². The summed E-state index contributed by atoms with van der Waals surface area (Å²) in [5, 5.41) is 14.5. The Kier molecular flexibility index (Phi) is 8.70. The molecule has 0 bridgehead atoms. The van der Waals surface area contributed by atoms with Crippen LogP contribution >= 0.6 is 0 Å². The highest BCUT2D eigenvalue weighted by Gasteiger charge is 2.25. The van der Waals surface area contributed by atoms with Gasteiger partial charge in [-0.3, -0.25) is 4.79 Å². The predicted octanol–water partition coefficient (Wildman–Crippen LogP) is 0.138. The molecule has 186 valence electrons. The van der Waals surface area contributed by atoms with Gasteiger partial charge in [0.2, 0.25) is 5.91 Å². The highest BCUT2D eigenvalue weighted by atomic mass is 16.6. The fourth-order valence-electron chi connectivity index (χ4n) is 3.18. The van der Waals surface area contributed by atoms with Crippen LogP contribution in [0.5, 0.6) is 11.5 Å². The van der Waals surface area contributed by atoms with E-state index in [4.69, 9.17) is 25.7 Å². The monoisotopic (exact) mass is 485 g/mol. The average Bonchev–Trinajstić information content (AvgIpc) is 2.85. The maximum atomic E-state index is 12.1. The van der Waals surface area contributed by atoms with E-state index in [0.717, 1.165) is 5.56 Å². The first-order valence-electron chi connectivity index (χ1n) is 10.7. The minimum atomic E-state index is -1.20. The van der Waals surface area contributed by atoms with E-state index in [0.29, 0.717) is 17.1 Å². The first-order chi connectivity index (χ1) is 16.8. The van der Waals surface area contributed by atoms with E-state index in [2.05, 4.69) is 15.6 Å². The maximum absolute atomic E-state index is 12.1. The van der Waals surface area contributed by atoms with Crippen LogP contribution in [-0.4, -0.2) is 60.9 Å². The second-order valence-corrected chi connectivity index (χ2v) is 7.68. The molecule has 3 rings (SSSR count). The van der Waals surface area contributed by atoms with Gasteiger partial charge in [0.1, 0.15) is 31.9 Å².